The zero-order valence-corrected chi connectivity index (χ0v) is 27.1. The van der Waals surface area contributed by atoms with E-state index in [1.165, 1.54) is 90.4 Å². The van der Waals surface area contributed by atoms with Crippen molar-refractivity contribution in [2.75, 3.05) is 33.0 Å². The van der Waals surface area contributed by atoms with Crippen molar-refractivity contribution in [3.8, 4) is 0 Å². The van der Waals surface area contributed by atoms with Crippen molar-refractivity contribution in [3.63, 3.8) is 0 Å². The number of carbonyl (C=O) groups excluding carboxylic acids is 2. The van der Waals surface area contributed by atoms with Gasteiger partial charge in [0.2, 0.25) is 11.6 Å². The van der Waals surface area contributed by atoms with Gasteiger partial charge in [-0.2, -0.15) is 0 Å². The second-order valence-corrected chi connectivity index (χ2v) is 10.0. The number of unbranched alkanes of at least 4 members (excludes halogenated alkanes) is 13. The number of rotatable bonds is 24. The molecule has 0 fully saturated rings. The standard InChI is InChI=1S/C31H55N2O5.HI/c1-4-6-7-8-9-10-11-12-13-14-15-16-17-20-23-36-24-25-37-26-27-38-31(35)33(29(3)34)28-30-21-18-19-22-32(30)5-2;/h18-19,21-22H,4-17,20,23-28H2,1-3H3;1H/q+1;/p-1. The fourth-order valence-corrected chi connectivity index (χ4v) is 4.42. The Balaban J connectivity index is 0.0000144. The van der Waals surface area contributed by atoms with Crippen LogP contribution in [0, 0.1) is 0 Å². The number of hydrogen-bond acceptors (Lipinski definition) is 5. The number of carbonyl (C=O) groups is 2. The number of ether oxygens (including phenoxy) is 3. The van der Waals surface area contributed by atoms with E-state index in [1.807, 2.05) is 35.9 Å². The zero-order chi connectivity index (χ0) is 27.7. The quantitative estimate of drug-likeness (QED) is 0.0952. The van der Waals surface area contributed by atoms with Gasteiger partial charge in [-0.3, -0.25) is 4.79 Å². The van der Waals surface area contributed by atoms with Gasteiger partial charge in [0.25, 0.3) is 0 Å². The van der Waals surface area contributed by atoms with Crippen LogP contribution in [0.2, 0.25) is 0 Å². The Kier molecular flexibility index (Phi) is 26.1. The fourth-order valence-electron chi connectivity index (χ4n) is 4.42. The van der Waals surface area contributed by atoms with Crippen molar-refractivity contribution in [1.82, 2.24) is 4.90 Å². The molecule has 1 aromatic heterocycles. The van der Waals surface area contributed by atoms with Gasteiger partial charge in [-0.1, -0.05) is 96.5 Å². The first kappa shape index (κ1) is 37.7. The van der Waals surface area contributed by atoms with Gasteiger partial charge in [0.05, 0.1) is 19.8 Å². The van der Waals surface area contributed by atoms with Crippen LogP contribution in [0.3, 0.4) is 0 Å². The van der Waals surface area contributed by atoms with E-state index >= 15 is 0 Å². The van der Waals surface area contributed by atoms with E-state index in [2.05, 4.69) is 6.92 Å². The minimum Gasteiger partial charge on any atom is -1.00 e. The van der Waals surface area contributed by atoms with Gasteiger partial charge in [0, 0.05) is 25.7 Å². The largest absolute Gasteiger partial charge is 1.00 e. The molecule has 39 heavy (non-hydrogen) atoms. The van der Waals surface area contributed by atoms with Gasteiger partial charge in [0.15, 0.2) is 6.20 Å². The number of hydrogen-bond donors (Lipinski definition) is 0. The van der Waals surface area contributed by atoms with Crippen LogP contribution in [0.1, 0.15) is 116 Å². The number of aryl methyl sites for hydroxylation is 1. The molecule has 0 aliphatic carbocycles. The Morgan fingerprint density at radius 2 is 1.23 bits per heavy atom. The zero-order valence-electron chi connectivity index (χ0n) is 25.0. The van der Waals surface area contributed by atoms with E-state index in [9.17, 15) is 9.59 Å². The molecule has 1 aromatic rings. The molecule has 0 unspecified atom stereocenters. The summed E-state index contributed by atoms with van der Waals surface area (Å²) in [7, 11) is 0. The van der Waals surface area contributed by atoms with Crippen molar-refractivity contribution >= 4 is 12.0 Å². The van der Waals surface area contributed by atoms with Gasteiger partial charge in [0.1, 0.15) is 19.7 Å². The van der Waals surface area contributed by atoms with Gasteiger partial charge in [-0.15, -0.1) is 0 Å². The van der Waals surface area contributed by atoms with Crippen LogP contribution in [0.15, 0.2) is 24.4 Å². The highest BCUT2D eigenvalue weighted by Gasteiger charge is 2.23. The molecule has 8 heteroatoms. The molecule has 0 bridgehead atoms. The minimum absolute atomic E-state index is 0. The van der Waals surface area contributed by atoms with E-state index in [0.717, 1.165) is 30.2 Å². The van der Waals surface area contributed by atoms with Gasteiger partial charge < -0.3 is 38.2 Å². The molecule has 0 radical (unpaired) electrons. The molecule has 0 saturated heterocycles. The van der Waals surface area contributed by atoms with E-state index in [4.69, 9.17) is 14.2 Å². The van der Waals surface area contributed by atoms with Crippen molar-refractivity contribution in [2.24, 2.45) is 0 Å². The van der Waals surface area contributed by atoms with Gasteiger partial charge in [-0.05, 0) is 13.3 Å². The van der Waals surface area contributed by atoms with Crippen molar-refractivity contribution in [1.29, 1.82) is 0 Å². The lowest BCUT2D eigenvalue weighted by atomic mass is 10.0. The molecule has 0 N–H and O–H groups in total. The van der Waals surface area contributed by atoms with Crippen molar-refractivity contribution in [2.45, 2.75) is 124 Å². The SMILES string of the molecule is CCCCCCCCCCCCCCCCOCCOCCOC(=O)N(Cc1cccc[n+]1CC)C(C)=O.[I-]. The first-order chi connectivity index (χ1) is 18.6. The maximum atomic E-state index is 12.4. The highest BCUT2D eigenvalue weighted by atomic mass is 127. The summed E-state index contributed by atoms with van der Waals surface area (Å²) in [6, 6.07) is 5.71. The van der Waals surface area contributed by atoms with Crippen LogP contribution in [-0.4, -0.2) is 49.9 Å². The van der Waals surface area contributed by atoms with Crippen LogP contribution in [0.5, 0.6) is 0 Å². The Bertz CT molecular complexity index is 735. The Morgan fingerprint density at radius 3 is 1.77 bits per heavy atom. The molecule has 226 valence electrons. The summed E-state index contributed by atoms with van der Waals surface area (Å²) >= 11 is 0. The van der Waals surface area contributed by atoms with Gasteiger partial charge in [-0.25, -0.2) is 14.3 Å². The smallest absolute Gasteiger partial charge is 0.417 e. The number of amides is 2. The van der Waals surface area contributed by atoms with Crippen LogP contribution in [-0.2, 0) is 32.1 Å². The summed E-state index contributed by atoms with van der Waals surface area (Å²) in [6.07, 6.45) is 20.2. The minimum atomic E-state index is -0.651. The van der Waals surface area contributed by atoms with Crippen LogP contribution < -0.4 is 28.5 Å². The summed E-state index contributed by atoms with van der Waals surface area (Å²) < 4.78 is 18.4. The van der Waals surface area contributed by atoms with Crippen LogP contribution in [0.4, 0.5) is 4.79 Å². The van der Waals surface area contributed by atoms with Crippen molar-refractivity contribution < 1.29 is 52.3 Å². The second-order valence-electron chi connectivity index (χ2n) is 10.0. The summed E-state index contributed by atoms with van der Waals surface area (Å²) in [5, 5.41) is 0. The summed E-state index contributed by atoms with van der Waals surface area (Å²) in [5.41, 5.74) is 0.870. The maximum Gasteiger partial charge on any atom is 0.417 e. The summed E-state index contributed by atoms with van der Waals surface area (Å²) in [6.45, 7) is 8.74. The molecule has 0 aliphatic rings. The average Bonchev–Trinajstić information content (AvgIpc) is 2.92. The van der Waals surface area contributed by atoms with Crippen LogP contribution in [0.25, 0.3) is 0 Å². The maximum absolute atomic E-state index is 12.4. The Hall–Kier alpha value is -1.26. The third-order valence-corrected chi connectivity index (χ3v) is 6.76. The first-order valence-corrected chi connectivity index (χ1v) is 15.2. The molecule has 1 rings (SSSR count). The molecule has 0 saturated carbocycles. The molecule has 1 heterocycles. The Morgan fingerprint density at radius 1 is 0.718 bits per heavy atom. The van der Waals surface area contributed by atoms with Crippen molar-refractivity contribution in [3.05, 3.63) is 30.1 Å². The normalized spacial score (nSPS) is 10.7. The molecule has 0 aromatic carbocycles. The monoisotopic (exact) mass is 662 g/mol. The molecule has 2 amide bonds. The van der Waals surface area contributed by atoms with Gasteiger partial charge >= 0.3 is 6.09 Å². The number of nitrogens with zero attached hydrogens (tertiary/aromatic N) is 2. The topological polar surface area (TPSA) is 69.0 Å². The lowest BCUT2D eigenvalue weighted by Crippen LogP contribution is -3.00. The number of imide groups is 1. The lowest BCUT2D eigenvalue weighted by molar-refractivity contribution is -0.701. The Labute approximate surface area is 255 Å². The predicted octanol–water partition coefficient (Wildman–Crippen LogP) is 4.00. The second kappa shape index (κ2) is 26.9. The molecule has 7 nitrogen and oxygen atoms in total. The van der Waals surface area contributed by atoms with E-state index < -0.39 is 6.09 Å². The average molecular weight is 663 g/mol. The molecule has 0 aliphatic heterocycles. The van der Waals surface area contributed by atoms with E-state index in [-0.39, 0.29) is 49.6 Å². The molecule has 0 atom stereocenters. The third-order valence-electron chi connectivity index (χ3n) is 6.76. The predicted molar refractivity (Wildman–Crippen MR) is 152 cm³/mol. The summed E-state index contributed by atoms with van der Waals surface area (Å²) in [5.74, 6) is -0.348. The molecular formula is C31H55IN2O5. The molecular weight excluding hydrogens is 607 g/mol. The highest BCUT2D eigenvalue weighted by molar-refractivity contribution is 5.90. The third kappa shape index (κ3) is 20.3. The first-order valence-electron chi connectivity index (χ1n) is 15.2. The molecule has 0 spiro atoms. The van der Waals surface area contributed by atoms with Crippen LogP contribution >= 0.6 is 0 Å². The summed E-state index contributed by atoms with van der Waals surface area (Å²) in [4.78, 5) is 25.5. The lowest BCUT2D eigenvalue weighted by Gasteiger charge is -2.17. The highest BCUT2D eigenvalue weighted by Crippen LogP contribution is 2.13. The van der Waals surface area contributed by atoms with E-state index in [0.29, 0.717) is 13.2 Å². The number of aromatic nitrogens is 1. The number of halogens is 1. The van der Waals surface area contributed by atoms with E-state index in [1.54, 1.807) is 0 Å². The number of pyridine rings is 1. The fraction of sp³-hybridized carbons (Fsp3) is 0.774.